The minimum atomic E-state index is -0.188. The fourth-order valence-corrected chi connectivity index (χ4v) is 2.31. The first-order chi connectivity index (χ1) is 10.7. The number of hydrogen-bond acceptors (Lipinski definition) is 3. The summed E-state index contributed by atoms with van der Waals surface area (Å²) in [6, 6.07) is 12.5. The van der Waals surface area contributed by atoms with Gasteiger partial charge in [0, 0.05) is 30.5 Å². The standard InChI is InChI=1S/C16H16N4O2/c21-15(19-11-13-5-1-2-7-17-13)12-4-3-6-14(10-12)20-9-8-18-16(20)22/h1-7,10H,8-9,11H2,(H,18,22)(H,19,21). The molecule has 0 spiro atoms. The first kappa shape index (κ1) is 14.1. The molecule has 0 bridgehead atoms. The van der Waals surface area contributed by atoms with Crippen LogP contribution in [0.15, 0.2) is 48.7 Å². The molecule has 112 valence electrons. The van der Waals surface area contributed by atoms with Gasteiger partial charge in [0.15, 0.2) is 0 Å². The SMILES string of the molecule is O=C(NCc1ccccn1)c1cccc(N2CCNC2=O)c1. The Morgan fingerprint density at radius 2 is 2.18 bits per heavy atom. The normalized spacial score (nSPS) is 13.8. The summed E-state index contributed by atoms with van der Waals surface area (Å²) in [5.41, 5.74) is 2.04. The number of urea groups is 1. The van der Waals surface area contributed by atoms with Crippen molar-refractivity contribution < 1.29 is 9.59 Å². The number of pyridine rings is 1. The number of rotatable bonds is 4. The molecule has 1 aromatic carbocycles. The van der Waals surface area contributed by atoms with Crippen molar-refractivity contribution >= 4 is 17.6 Å². The number of nitrogens with one attached hydrogen (secondary N) is 2. The van der Waals surface area contributed by atoms with Crippen molar-refractivity contribution in [2.75, 3.05) is 18.0 Å². The van der Waals surface area contributed by atoms with E-state index in [1.165, 1.54) is 0 Å². The molecule has 1 saturated heterocycles. The molecule has 0 radical (unpaired) electrons. The lowest BCUT2D eigenvalue weighted by atomic mass is 10.1. The van der Waals surface area contributed by atoms with Crippen molar-refractivity contribution in [3.05, 3.63) is 59.9 Å². The molecule has 22 heavy (non-hydrogen) atoms. The summed E-state index contributed by atoms with van der Waals surface area (Å²) in [7, 11) is 0. The van der Waals surface area contributed by atoms with Crippen molar-refractivity contribution in [1.29, 1.82) is 0 Å². The Hall–Kier alpha value is -2.89. The van der Waals surface area contributed by atoms with Gasteiger partial charge >= 0.3 is 6.03 Å². The third-order valence-corrected chi connectivity index (χ3v) is 3.43. The van der Waals surface area contributed by atoms with E-state index in [0.717, 1.165) is 11.4 Å². The maximum Gasteiger partial charge on any atom is 0.321 e. The monoisotopic (exact) mass is 296 g/mol. The van der Waals surface area contributed by atoms with Crippen LogP contribution < -0.4 is 15.5 Å². The highest BCUT2D eigenvalue weighted by molar-refractivity contribution is 5.98. The van der Waals surface area contributed by atoms with Gasteiger partial charge in [0.05, 0.1) is 12.2 Å². The van der Waals surface area contributed by atoms with Crippen LogP contribution in [-0.2, 0) is 6.54 Å². The zero-order valence-electron chi connectivity index (χ0n) is 12.0. The summed E-state index contributed by atoms with van der Waals surface area (Å²) >= 11 is 0. The molecule has 2 aromatic rings. The topological polar surface area (TPSA) is 74.3 Å². The van der Waals surface area contributed by atoms with E-state index in [0.29, 0.717) is 25.2 Å². The molecule has 3 rings (SSSR count). The van der Waals surface area contributed by atoms with E-state index in [-0.39, 0.29) is 11.9 Å². The lowest BCUT2D eigenvalue weighted by Crippen LogP contribution is -2.28. The zero-order chi connectivity index (χ0) is 15.4. The predicted molar refractivity (Wildman–Crippen MR) is 82.6 cm³/mol. The van der Waals surface area contributed by atoms with Gasteiger partial charge in [0.1, 0.15) is 0 Å². The predicted octanol–water partition coefficient (Wildman–Crippen LogP) is 1.54. The number of hydrogen-bond donors (Lipinski definition) is 2. The lowest BCUT2D eigenvalue weighted by molar-refractivity contribution is 0.0950. The van der Waals surface area contributed by atoms with Gasteiger partial charge in [-0.3, -0.25) is 14.7 Å². The van der Waals surface area contributed by atoms with E-state index < -0.39 is 0 Å². The molecule has 0 aliphatic carbocycles. The minimum Gasteiger partial charge on any atom is -0.346 e. The third-order valence-electron chi connectivity index (χ3n) is 3.43. The first-order valence-electron chi connectivity index (χ1n) is 7.07. The van der Waals surface area contributed by atoms with E-state index in [1.54, 1.807) is 29.3 Å². The molecule has 2 N–H and O–H groups in total. The van der Waals surface area contributed by atoms with E-state index in [2.05, 4.69) is 15.6 Å². The second-order valence-electron chi connectivity index (χ2n) is 4.94. The quantitative estimate of drug-likeness (QED) is 0.898. The fraction of sp³-hybridized carbons (Fsp3) is 0.188. The molecule has 2 heterocycles. The summed E-state index contributed by atoms with van der Waals surface area (Å²) in [6.07, 6.45) is 1.69. The van der Waals surface area contributed by atoms with Crippen molar-refractivity contribution in [3.8, 4) is 0 Å². The number of amides is 3. The largest absolute Gasteiger partial charge is 0.346 e. The molecular weight excluding hydrogens is 280 g/mol. The Morgan fingerprint density at radius 3 is 2.91 bits per heavy atom. The molecule has 6 nitrogen and oxygen atoms in total. The van der Waals surface area contributed by atoms with Gasteiger partial charge in [-0.25, -0.2) is 4.79 Å². The first-order valence-corrected chi connectivity index (χ1v) is 7.07. The van der Waals surface area contributed by atoms with Crippen LogP contribution in [0.25, 0.3) is 0 Å². The van der Waals surface area contributed by atoms with Crippen LogP contribution in [0.5, 0.6) is 0 Å². The van der Waals surface area contributed by atoms with Gasteiger partial charge in [-0.15, -0.1) is 0 Å². The molecule has 6 heteroatoms. The number of benzene rings is 1. The Kier molecular flexibility index (Phi) is 4.00. The number of nitrogens with zero attached hydrogens (tertiary/aromatic N) is 2. The maximum absolute atomic E-state index is 12.2. The van der Waals surface area contributed by atoms with Crippen LogP contribution in [0.3, 0.4) is 0 Å². The average Bonchev–Trinajstić information content (AvgIpc) is 3.00. The molecule has 0 unspecified atom stereocenters. The molecule has 0 saturated carbocycles. The second-order valence-corrected chi connectivity index (χ2v) is 4.94. The van der Waals surface area contributed by atoms with Crippen LogP contribution in [0, 0.1) is 0 Å². The van der Waals surface area contributed by atoms with Crippen LogP contribution in [0.2, 0.25) is 0 Å². The van der Waals surface area contributed by atoms with E-state index >= 15 is 0 Å². The summed E-state index contributed by atoms with van der Waals surface area (Å²) in [4.78, 5) is 29.7. The van der Waals surface area contributed by atoms with Crippen molar-refractivity contribution in [2.24, 2.45) is 0 Å². The number of carbonyl (C=O) groups is 2. The highest BCUT2D eigenvalue weighted by atomic mass is 16.2. The highest BCUT2D eigenvalue weighted by Gasteiger charge is 2.21. The second kappa shape index (κ2) is 6.26. The summed E-state index contributed by atoms with van der Waals surface area (Å²) in [5, 5.41) is 5.57. The molecular formula is C16H16N4O2. The Bertz CT molecular complexity index is 688. The Balaban J connectivity index is 1.69. The van der Waals surface area contributed by atoms with Gasteiger partial charge in [-0.1, -0.05) is 12.1 Å². The summed E-state index contributed by atoms with van der Waals surface area (Å²) in [5.74, 6) is -0.188. The van der Waals surface area contributed by atoms with Gasteiger partial charge in [0.2, 0.25) is 0 Å². The third kappa shape index (κ3) is 3.06. The van der Waals surface area contributed by atoms with Crippen LogP contribution in [0.1, 0.15) is 16.1 Å². The average molecular weight is 296 g/mol. The van der Waals surface area contributed by atoms with E-state index in [1.807, 2.05) is 24.3 Å². The fourth-order valence-electron chi connectivity index (χ4n) is 2.31. The molecule has 1 aromatic heterocycles. The molecule has 3 amide bonds. The summed E-state index contributed by atoms with van der Waals surface area (Å²) in [6.45, 7) is 1.60. The highest BCUT2D eigenvalue weighted by Crippen LogP contribution is 2.18. The minimum absolute atomic E-state index is 0.133. The van der Waals surface area contributed by atoms with Gasteiger partial charge in [0.25, 0.3) is 5.91 Å². The molecule has 1 aliphatic heterocycles. The maximum atomic E-state index is 12.2. The Morgan fingerprint density at radius 1 is 1.27 bits per heavy atom. The molecule has 1 aliphatic rings. The van der Waals surface area contributed by atoms with E-state index in [9.17, 15) is 9.59 Å². The van der Waals surface area contributed by atoms with E-state index in [4.69, 9.17) is 0 Å². The van der Waals surface area contributed by atoms with Crippen LogP contribution in [-0.4, -0.2) is 30.0 Å². The molecule has 1 fully saturated rings. The lowest BCUT2D eigenvalue weighted by Gasteiger charge is -2.15. The van der Waals surface area contributed by atoms with Crippen molar-refractivity contribution in [3.63, 3.8) is 0 Å². The van der Waals surface area contributed by atoms with Crippen molar-refractivity contribution in [1.82, 2.24) is 15.6 Å². The van der Waals surface area contributed by atoms with Gasteiger partial charge < -0.3 is 10.6 Å². The number of anilines is 1. The number of carbonyl (C=O) groups excluding carboxylic acids is 2. The summed E-state index contributed by atoms with van der Waals surface area (Å²) < 4.78 is 0. The molecule has 0 atom stereocenters. The van der Waals surface area contributed by atoms with Gasteiger partial charge in [-0.2, -0.15) is 0 Å². The van der Waals surface area contributed by atoms with Crippen LogP contribution >= 0.6 is 0 Å². The Labute approximate surface area is 128 Å². The number of aromatic nitrogens is 1. The zero-order valence-corrected chi connectivity index (χ0v) is 12.0. The van der Waals surface area contributed by atoms with Gasteiger partial charge in [-0.05, 0) is 30.3 Å². The van der Waals surface area contributed by atoms with Crippen LogP contribution in [0.4, 0.5) is 10.5 Å². The van der Waals surface area contributed by atoms with Crippen molar-refractivity contribution in [2.45, 2.75) is 6.54 Å². The smallest absolute Gasteiger partial charge is 0.321 e.